The highest BCUT2D eigenvalue weighted by atomic mass is 16.3. The van der Waals surface area contributed by atoms with Crippen molar-refractivity contribution < 1.29 is 5.11 Å². The average Bonchev–Trinajstić information content (AvgIpc) is 2.39. The van der Waals surface area contributed by atoms with Gasteiger partial charge in [0.25, 0.3) is 0 Å². The molecule has 0 bridgehead atoms. The lowest BCUT2D eigenvalue weighted by atomic mass is 10.0. The molecule has 0 atom stereocenters. The minimum atomic E-state index is 0.207. The highest BCUT2D eigenvalue weighted by molar-refractivity contribution is 5.89. The van der Waals surface area contributed by atoms with Gasteiger partial charge in [-0.15, -0.1) is 0 Å². The Kier molecular flexibility index (Phi) is 3.31. The van der Waals surface area contributed by atoms with Crippen molar-refractivity contribution in [3.63, 3.8) is 0 Å². The van der Waals surface area contributed by atoms with Gasteiger partial charge in [0.15, 0.2) is 0 Å². The average molecular weight is 236 g/mol. The van der Waals surface area contributed by atoms with E-state index in [4.69, 9.17) is 11.0 Å². The van der Waals surface area contributed by atoms with E-state index in [1.807, 2.05) is 12.1 Å². The van der Waals surface area contributed by atoms with Gasteiger partial charge >= 0.3 is 0 Å². The Balaban J connectivity index is 2.37. The molecule has 0 aliphatic heterocycles. The molecule has 2 aromatic rings. The summed E-state index contributed by atoms with van der Waals surface area (Å²) in [5.41, 5.74) is 8.51. The van der Waals surface area contributed by atoms with E-state index in [0.29, 0.717) is 11.3 Å². The van der Waals surface area contributed by atoms with Crippen molar-refractivity contribution in [2.75, 3.05) is 5.73 Å². The van der Waals surface area contributed by atoms with Crippen LogP contribution in [0.4, 0.5) is 5.69 Å². The molecule has 18 heavy (non-hydrogen) atoms. The second-order valence-corrected chi connectivity index (χ2v) is 3.88. The molecule has 0 spiro atoms. The van der Waals surface area contributed by atoms with Crippen LogP contribution in [0.5, 0.6) is 5.75 Å². The van der Waals surface area contributed by atoms with Gasteiger partial charge in [-0.05, 0) is 41.5 Å². The Morgan fingerprint density at radius 1 is 1.06 bits per heavy atom. The zero-order valence-electron chi connectivity index (χ0n) is 9.67. The van der Waals surface area contributed by atoms with Crippen molar-refractivity contribution in [3.05, 3.63) is 59.7 Å². The van der Waals surface area contributed by atoms with Crippen LogP contribution in [-0.4, -0.2) is 5.11 Å². The summed E-state index contributed by atoms with van der Waals surface area (Å²) < 4.78 is 0. The summed E-state index contributed by atoms with van der Waals surface area (Å²) >= 11 is 0. The fourth-order valence-electron chi connectivity index (χ4n) is 1.58. The van der Waals surface area contributed by atoms with Crippen LogP contribution in [0.2, 0.25) is 0 Å². The first-order chi connectivity index (χ1) is 8.69. The van der Waals surface area contributed by atoms with Crippen molar-refractivity contribution in [1.82, 2.24) is 0 Å². The quantitative estimate of drug-likeness (QED) is 0.478. The summed E-state index contributed by atoms with van der Waals surface area (Å²) in [6, 6.07) is 16.0. The maximum atomic E-state index is 9.20. The molecule has 3 nitrogen and oxygen atoms in total. The molecule has 0 saturated carbocycles. The fourth-order valence-corrected chi connectivity index (χ4v) is 1.58. The van der Waals surface area contributed by atoms with Gasteiger partial charge < -0.3 is 10.8 Å². The van der Waals surface area contributed by atoms with E-state index in [0.717, 1.165) is 11.1 Å². The van der Waals surface area contributed by atoms with Crippen LogP contribution >= 0.6 is 0 Å². The highest BCUT2D eigenvalue weighted by Crippen LogP contribution is 2.20. The lowest BCUT2D eigenvalue weighted by Gasteiger charge is -2.01. The number of anilines is 1. The molecule has 88 valence electrons. The number of allylic oxidation sites excluding steroid dienone is 1. The van der Waals surface area contributed by atoms with Crippen molar-refractivity contribution in [2.24, 2.45) is 0 Å². The van der Waals surface area contributed by atoms with Crippen LogP contribution < -0.4 is 5.73 Å². The van der Waals surface area contributed by atoms with Crippen LogP contribution in [0.1, 0.15) is 11.1 Å². The van der Waals surface area contributed by atoms with E-state index in [1.54, 1.807) is 42.5 Å². The number of phenols is 1. The SMILES string of the molecule is N#C/C(=C/c1ccc(O)cc1)c1ccc(N)cc1. The second-order valence-electron chi connectivity index (χ2n) is 3.88. The Morgan fingerprint density at radius 3 is 2.22 bits per heavy atom. The summed E-state index contributed by atoms with van der Waals surface area (Å²) in [6.07, 6.45) is 1.77. The minimum absolute atomic E-state index is 0.207. The summed E-state index contributed by atoms with van der Waals surface area (Å²) in [5.74, 6) is 0.207. The smallest absolute Gasteiger partial charge is 0.115 e. The number of nitrogens with zero attached hydrogens (tertiary/aromatic N) is 1. The summed E-state index contributed by atoms with van der Waals surface area (Å²) in [7, 11) is 0. The van der Waals surface area contributed by atoms with Gasteiger partial charge in [-0.1, -0.05) is 24.3 Å². The monoisotopic (exact) mass is 236 g/mol. The molecule has 0 aliphatic rings. The largest absolute Gasteiger partial charge is 0.508 e. The molecular formula is C15H12N2O. The molecule has 3 N–H and O–H groups in total. The molecule has 0 amide bonds. The number of hydrogen-bond donors (Lipinski definition) is 2. The maximum Gasteiger partial charge on any atom is 0.115 e. The summed E-state index contributed by atoms with van der Waals surface area (Å²) in [6.45, 7) is 0. The second kappa shape index (κ2) is 5.07. The standard InChI is InChI=1S/C15H12N2O/c16-10-13(12-3-5-14(17)6-4-12)9-11-1-7-15(18)8-2-11/h1-9,18H,17H2/b13-9-. The van der Waals surface area contributed by atoms with Gasteiger partial charge in [0, 0.05) is 5.69 Å². The van der Waals surface area contributed by atoms with Gasteiger partial charge in [0.1, 0.15) is 5.75 Å². The first-order valence-corrected chi connectivity index (χ1v) is 5.46. The van der Waals surface area contributed by atoms with Crippen LogP contribution in [0.3, 0.4) is 0 Å². The number of benzene rings is 2. The molecule has 2 aromatic carbocycles. The van der Waals surface area contributed by atoms with Gasteiger partial charge in [0.05, 0.1) is 11.6 Å². The molecule has 0 aliphatic carbocycles. The number of nitriles is 1. The van der Waals surface area contributed by atoms with E-state index in [-0.39, 0.29) is 5.75 Å². The van der Waals surface area contributed by atoms with Gasteiger partial charge in [-0.3, -0.25) is 0 Å². The molecule has 2 rings (SSSR count). The van der Waals surface area contributed by atoms with Crippen molar-refractivity contribution in [1.29, 1.82) is 5.26 Å². The predicted molar refractivity (Wildman–Crippen MR) is 72.4 cm³/mol. The summed E-state index contributed by atoms with van der Waals surface area (Å²) in [5, 5.41) is 18.4. The zero-order chi connectivity index (χ0) is 13.0. The van der Waals surface area contributed by atoms with Crippen molar-refractivity contribution in [3.8, 4) is 11.8 Å². The Labute approximate surface area is 105 Å². The van der Waals surface area contributed by atoms with E-state index in [1.165, 1.54) is 0 Å². The normalized spacial score (nSPS) is 10.9. The third-order valence-electron chi connectivity index (χ3n) is 2.55. The van der Waals surface area contributed by atoms with E-state index >= 15 is 0 Å². The molecule has 0 unspecified atom stereocenters. The molecule has 0 heterocycles. The maximum absolute atomic E-state index is 9.20. The number of nitrogen functional groups attached to an aromatic ring is 1. The molecule has 3 heteroatoms. The molecule has 0 saturated heterocycles. The Morgan fingerprint density at radius 2 is 1.67 bits per heavy atom. The molecular weight excluding hydrogens is 224 g/mol. The lowest BCUT2D eigenvalue weighted by Crippen LogP contribution is -1.86. The first-order valence-electron chi connectivity index (χ1n) is 5.46. The summed E-state index contributed by atoms with van der Waals surface area (Å²) in [4.78, 5) is 0. The van der Waals surface area contributed by atoms with Gasteiger partial charge in [-0.25, -0.2) is 0 Å². The van der Waals surface area contributed by atoms with Crippen LogP contribution in [0.25, 0.3) is 11.6 Å². The van der Waals surface area contributed by atoms with E-state index in [2.05, 4.69) is 6.07 Å². The molecule has 0 aromatic heterocycles. The lowest BCUT2D eigenvalue weighted by molar-refractivity contribution is 0.475. The van der Waals surface area contributed by atoms with Gasteiger partial charge in [0.2, 0.25) is 0 Å². The number of rotatable bonds is 2. The van der Waals surface area contributed by atoms with E-state index < -0.39 is 0 Å². The van der Waals surface area contributed by atoms with E-state index in [9.17, 15) is 5.11 Å². The van der Waals surface area contributed by atoms with Crippen LogP contribution in [-0.2, 0) is 0 Å². The number of hydrogen-bond acceptors (Lipinski definition) is 3. The Bertz CT molecular complexity index is 604. The van der Waals surface area contributed by atoms with Crippen molar-refractivity contribution in [2.45, 2.75) is 0 Å². The number of nitrogens with two attached hydrogens (primary N) is 1. The highest BCUT2D eigenvalue weighted by Gasteiger charge is 2.00. The topological polar surface area (TPSA) is 70.0 Å². The minimum Gasteiger partial charge on any atom is -0.508 e. The number of phenolic OH excluding ortho intramolecular Hbond substituents is 1. The fraction of sp³-hybridized carbons (Fsp3) is 0. The molecule has 0 fully saturated rings. The third kappa shape index (κ3) is 2.69. The predicted octanol–water partition coefficient (Wildman–Crippen LogP) is 3.04. The number of aromatic hydroxyl groups is 1. The third-order valence-corrected chi connectivity index (χ3v) is 2.55. The Hall–Kier alpha value is -2.73. The first kappa shape index (κ1) is 11.7. The van der Waals surface area contributed by atoms with Crippen LogP contribution in [0.15, 0.2) is 48.5 Å². The van der Waals surface area contributed by atoms with Crippen LogP contribution in [0, 0.1) is 11.3 Å². The van der Waals surface area contributed by atoms with Gasteiger partial charge in [-0.2, -0.15) is 5.26 Å². The zero-order valence-corrected chi connectivity index (χ0v) is 9.67. The van der Waals surface area contributed by atoms with Crippen molar-refractivity contribution >= 4 is 17.3 Å². The molecule has 0 radical (unpaired) electrons.